The van der Waals surface area contributed by atoms with Gasteiger partial charge < -0.3 is 10.1 Å². The van der Waals surface area contributed by atoms with Crippen LogP contribution in [0.15, 0.2) is 22.7 Å². The molecular weight excluding hydrogens is 371 g/mol. The Hall–Kier alpha value is -1.35. The van der Waals surface area contributed by atoms with Crippen LogP contribution < -0.4 is 10.1 Å². The van der Waals surface area contributed by atoms with Crippen molar-refractivity contribution in [3.05, 3.63) is 33.2 Å². The average molecular weight is 382 g/mol. The van der Waals surface area contributed by atoms with Gasteiger partial charge in [0.2, 0.25) is 5.13 Å². The molecule has 114 valence electrons. The molecule has 0 atom stereocenters. The highest BCUT2D eigenvalue weighted by molar-refractivity contribution is 9.10. The third kappa shape index (κ3) is 4.85. The van der Waals surface area contributed by atoms with E-state index in [9.17, 15) is 13.2 Å². The van der Waals surface area contributed by atoms with Crippen LogP contribution >= 0.6 is 27.3 Å². The minimum atomic E-state index is -4.70. The van der Waals surface area contributed by atoms with Gasteiger partial charge in [0.15, 0.2) is 0 Å². The molecule has 0 fully saturated rings. The largest absolute Gasteiger partial charge is 0.573 e. The standard InChI is InChI=1S/C12H11BrF3N3OS/c1-2-10-18-19-11(21-10)17-6-7-3-4-9(8(13)5-7)20-12(14,15)16/h3-5H,2,6H2,1H3,(H,17,19). The Morgan fingerprint density at radius 3 is 2.67 bits per heavy atom. The fourth-order valence-electron chi connectivity index (χ4n) is 1.51. The first-order valence-electron chi connectivity index (χ1n) is 5.98. The molecule has 0 amide bonds. The number of aryl methyl sites for hydroxylation is 1. The van der Waals surface area contributed by atoms with Crippen molar-refractivity contribution in [2.75, 3.05) is 5.32 Å². The van der Waals surface area contributed by atoms with Crippen LogP contribution in [-0.2, 0) is 13.0 Å². The lowest BCUT2D eigenvalue weighted by Gasteiger charge is -2.11. The summed E-state index contributed by atoms with van der Waals surface area (Å²) in [6, 6.07) is 4.39. The summed E-state index contributed by atoms with van der Waals surface area (Å²) >= 11 is 4.51. The molecule has 2 aromatic rings. The number of hydrogen-bond donors (Lipinski definition) is 1. The average Bonchev–Trinajstić information content (AvgIpc) is 2.86. The second-order valence-corrected chi connectivity index (χ2v) is 5.94. The van der Waals surface area contributed by atoms with Gasteiger partial charge in [0.1, 0.15) is 10.8 Å². The summed E-state index contributed by atoms with van der Waals surface area (Å²) in [5, 5.41) is 12.6. The molecule has 2 rings (SSSR count). The van der Waals surface area contributed by atoms with Gasteiger partial charge in [-0.15, -0.1) is 23.4 Å². The van der Waals surface area contributed by atoms with Crippen molar-refractivity contribution in [2.45, 2.75) is 26.3 Å². The lowest BCUT2D eigenvalue weighted by Crippen LogP contribution is -2.17. The van der Waals surface area contributed by atoms with Crippen molar-refractivity contribution in [3.8, 4) is 5.75 Å². The summed E-state index contributed by atoms with van der Waals surface area (Å²) in [7, 11) is 0. The molecule has 0 aliphatic heterocycles. The molecule has 0 saturated heterocycles. The second kappa shape index (κ2) is 6.61. The van der Waals surface area contributed by atoms with Crippen LogP contribution in [0.1, 0.15) is 17.5 Å². The molecule has 0 aliphatic rings. The summed E-state index contributed by atoms with van der Waals surface area (Å²) in [5.41, 5.74) is 0.796. The molecule has 0 aliphatic carbocycles. The van der Waals surface area contributed by atoms with E-state index in [1.165, 1.54) is 17.4 Å². The predicted octanol–water partition coefficient (Wildman–Crippen LogP) is 4.37. The molecule has 4 nitrogen and oxygen atoms in total. The van der Waals surface area contributed by atoms with Gasteiger partial charge in [-0.05, 0) is 40.0 Å². The number of ether oxygens (including phenoxy) is 1. The number of aromatic nitrogens is 2. The molecule has 1 aromatic heterocycles. The topological polar surface area (TPSA) is 47.0 Å². The molecule has 1 N–H and O–H groups in total. The number of alkyl halides is 3. The van der Waals surface area contributed by atoms with Crippen molar-refractivity contribution in [1.29, 1.82) is 0 Å². The van der Waals surface area contributed by atoms with E-state index in [4.69, 9.17) is 0 Å². The zero-order valence-corrected chi connectivity index (χ0v) is 13.3. The van der Waals surface area contributed by atoms with Gasteiger partial charge in [0.05, 0.1) is 4.47 Å². The molecule has 0 radical (unpaired) electrons. The van der Waals surface area contributed by atoms with Crippen LogP contribution in [0, 0.1) is 0 Å². The van der Waals surface area contributed by atoms with Crippen molar-refractivity contribution in [1.82, 2.24) is 10.2 Å². The van der Waals surface area contributed by atoms with Crippen molar-refractivity contribution < 1.29 is 17.9 Å². The number of halogens is 4. The normalized spacial score (nSPS) is 11.5. The minimum absolute atomic E-state index is 0.241. The van der Waals surface area contributed by atoms with E-state index in [-0.39, 0.29) is 10.2 Å². The first-order valence-corrected chi connectivity index (χ1v) is 7.58. The number of nitrogens with zero attached hydrogens (tertiary/aromatic N) is 2. The van der Waals surface area contributed by atoms with Gasteiger partial charge in [-0.1, -0.05) is 24.3 Å². The van der Waals surface area contributed by atoms with Gasteiger partial charge in [0.25, 0.3) is 0 Å². The third-order valence-electron chi connectivity index (χ3n) is 2.44. The second-order valence-electron chi connectivity index (χ2n) is 4.02. The number of benzene rings is 1. The number of anilines is 1. The summed E-state index contributed by atoms with van der Waals surface area (Å²) in [5.74, 6) is -0.268. The summed E-state index contributed by atoms with van der Waals surface area (Å²) in [4.78, 5) is 0. The Bertz CT molecular complexity index is 618. The summed E-state index contributed by atoms with van der Waals surface area (Å²) < 4.78 is 40.6. The van der Waals surface area contributed by atoms with Crippen molar-refractivity contribution >= 4 is 32.4 Å². The van der Waals surface area contributed by atoms with Crippen LogP contribution in [0.3, 0.4) is 0 Å². The smallest absolute Gasteiger partial charge is 0.405 e. The predicted molar refractivity (Wildman–Crippen MR) is 77.4 cm³/mol. The number of rotatable bonds is 5. The maximum atomic E-state index is 12.2. The fraction of sp³-hybridized carbons (Fsp3) is 0.333. The van der Waals surface area contributed by atoms with Crippen molar-refractivity contribution in [3.63, 3.8) is 0 Å². The van der Waals surface area contributed by atoms with Crippen LogP contribution in [0.4, 0.5) is 18.3 Å². The van der Waals surface area contributed by atoms with Crippen LogP contribution in [0.25, 0.3) is 0 Å². The van der Waals surface area contributed by atoms with Gasteiger partial charge in [-0.3, -0.25) is 0 Å². The molecule has 0 saturated carbocycles. The highest BCUT2D eigenvalue weighted by Crippen LogP contribution is 2.31. The third-order valence-corrected chi connectivity index (χ3v) is 4.08. The first-order chi connectivity index (χ1) is 9.87. The Kier molecular flexibility index (Phi) is 5.04. The Morgan fingerprint density at radius 1 is 1.33 bits per heavy atom. The van der Waals surface area contributed by atoms with E-state index in [1.54, 1.807) is 12.1 Å². The summed E-state index contributed by atoms with van der Waals surface area (Å²) in [6.07, 6.45) is -3.89. The molecule has 0 spiro atoms. The van der Waals surface area contributed by atoms with Gasteiger partial charge in [-0.2, -0.15) is 0 Å². The molecule has 0 bridgehead atoms. The maximum Gasteiger partial charge on any atom is 0.573 e. The van der Waals surface area contributed by atoms with E-state index >= 15 is 0 Å². The molecule has 0 unspecified atom stereocenters. The zero-order valence-electron chi connectivity index (χ0n) is 10.9. The monoisotopic (exact) mass is 381 g/mol. The van der Waals surface area contributed by atoms with E-state index in [0.29, 0.717) is 11.7 Å². The van der Waals surface area contributed by atoms with Gasteiger partial charge in [-0.25, -0.2) is 0 Å². The highest BCUT2D eigenvalue weighted by atomic mass is 79.9. The summed E-state index contributed by atoms with van der Waals surface area (Å²) in [6.45, 7) is 2.42. The zero-order chi connectivity index (χ0) is 15.5. The first kappa shape index (κ1) is 16.0. The molecule has 1 heterocycles. The quantitative estimate of drug-likeness (QED) is 0.834. The van der Waals surface area contributed by atoms with Crippen LogP contribution in [-0.4, -0.2) is 16.6 Å². The fourth-order valence-corrected chi connectivity index (χ4v) is 2.69. The Morgan fingerprint density at radius 2 is 2.10 bits per heavy atom. The van der Waals surface area contributed by atoms with E-state index < -0.39 is 6.36 Å². The lowest BCUT2D eigenvalue weighted by atomic mass is 10.2. The molecular formula is C12H11BrF3N3OS. The van der Waals surface area contributed by atoms with E-state index in [2.05, 4.69) is 36.2 Å². The Balaban J connectivity index is 1.99. The van der Waals surface area contributed by atoms with E-state index in [1.807, 2.05) is 6.92 Å². The van der Waals surface area contributed by atoms with Crippen molar-refractivity contribution in [2.24, 2.45) is 0 Å². The SMILES string of the molecule is CCc1nnc(NCc2ccc(OC(F)(F)F)c(Br)c2)s1. The maximum absolute atomic E-state index is 12.2. The van der Waals surface area contributed by atoms with Crippen LogP contribution in [0.5, 0.6) is 5.75 Å². The molecule has 9 heteroatoms. The lowest BCUT2D eigenvalue weighted by molar-refractivity contribution is -0.274. The van der Waals surface area contributed by atoms with E-state index in [0.717, 1.165) is 17.0 Å². The number of hydrogen-bond acceptors (Lipinski definition) is 5. The van der Waals surface area contributed by atoms with Gasteiger partial charge >= 0.3 is 6.36 Å². The number of nitrogens with one attached hydrogen (secondary N) is 1. The Labute approximate surface area is 131 Å². The minimum Gasteiger partial charge on any atom is -0.405 e. The van der Waals surface area contributed by atoms with Gasteiger partial charge in [0, 0.05) is 6.54 Å². The van der Waals surface area contributed by atoms with Crippen LogP contribution in [0.2, 0.25) is 0 Å². The molecule has 21 heavy (non-hydrogen) atoms. The molecule has 1 aromatic carbocycles. The highest BCUT2D eigenvalue weighted by Gasteiger charge is 2.31.